The fourth-order valence-corrected chi connectivity index (χ4v) is 5.55. The second kappa shape index (κ2) is 12.2. The summed E-state index contributed by atoms with van der Waals surface area (Å²) in [6.07, 6.45) is 0.311. The Morgan fingerprint density at radius 1 is 1.03 bits per heavy atom. The van der Waals surface area contributed by atoms with Crippen LogP contribution in [0, 0.1) is 12.7 Å². The molecule has 0 radical (unpaired) electrons. The van der Waals surface area contributed by atoms with Crippen molar-refractivity contribution in [3.8, 4) is 0 Å². The van der Waals surface area contributed by atoms with Gasteiger partial charge in [-0.3, -0.25) is 13.9 Å². The van der Waals surface area contributed by atoms with E-state index in [1.165, 1.54) is 30.1 Å². The number of hydrogen-bond acceptors (Lipinski definition) is 4. The largest absolute Gasteiger partial charge is 0.357 e. The second-order valence-electron chi connectivity index (χ2n) is 8.41. The molecule has 0 heterocycles. The zero-order valence-electron chi connectivity index (χ0n) is 20.8. The lowest BCUT2D eigenvalue weighted by atomic mass is 10.1. The van der Waals surface area contributed by atoms with Crippen LogP contribution < -0.4 is 9.62 Å². The maximum Gasteiger partial charge on any atom is 0.264 e. The predicted molar refractivity (Wildman–Crippen MR) is 142 cm³/mol. The molecule has 196 valence electrons. The van der Waals surface area contributed by atoms with Gasteiger partial charge in [-0.1, -0.05) is 61.0 Å². The van der Waals surface area contributed by atoms with E-state index in [0.29, 0.717) is 6.42 Å². The molecule has 1 atom stereocenters. The Hall–Kier alpha value is -3.43. The van der Waals surface area contributed by atoms with Crippen molar-refractivity contribution in [1.82, 2.24) is 10.2 Å². The van der Waals surface area contributed by atoms with Crippen LogP contribution in [0.2, 0.25) is 5.02 Å². The van der Waals surface area contributed by atoms with Crippen LogP contribution in [0.25, 0.3) is 0 Å². The number of aryl methyl sites for hydroxylation is 1. The summed E-state index contributed by atoms with van der Waals surface area (Å²) in [4.78, 5) is 27.9. The Labute approximate surface area is 221 Å². The molecule has 1 N–H and O–H groups in total. The van der Waals surface area contributed by atoms with Gasteiger partial charge in [-0.2, -0.15) is 0 Å². The van der Waals surface area contributed by atoms with Gasteiger partial charge in [-0.05, 0) is 54.8 Å². The molecular weight excluding hydrogens is 517 g/mol. The van der Waals surface area contributed by atoms with Crippen molar-refractivity contribution in [2.24, 2.45) is 0 Å². The van der Waals surface area contributed by atoms with Crippen molar-refractivity contribution in [1.29, 1.82) is 0 Å². The Morgan fingerprint density at radius 2 is 1.68 bits per heavy atom. The van der Waals surface area contributed by atoms with E-state index in [1.807, 2.05) is 31.2 Å². The quantitative estimate of drug-likeness (QED) is 0.405. The fourth-order valence-electron chi connectivity index (χ4n) is 3.95. The Kier molecular flexibility index (Phi) is 9.29. The number of nitrogens with one attached hydrogen (secondary N) is 1. The average Bonchev–Trinajstić information content (AvgIpc) is 2.90. The Morgan fingerprint density at radius 3 is 2.27 bits per heavy atom. The zero-order chi connectivity index (χ0) is 27.2. The molecule has 0 aliphatic heterocycles. The van der Waals surface area contributed by atoms with Crippen LogP contribution in [0.4, 0.5) is 10.1 Å². The van der Waals surface area contributed by atoms with Crippen LogP contribution in [0.1, 0.15) is 24.5 Å². The third-order valence-corrected chi connectivity index (χ3v) is 8.11. The maximum absolute atomic E-state index is 13.9. The van der Waals surface area contributed by atoms with E-state index in [9.17, 15) is 22.4 Å². The van der Waals surface area contributed by atoms with Gasteiger partial charge in [0, 0.05) is 13.6 Å². The molecule has 0 aliphatic carbocycles. The number of carbonyl (C=O) groups is 2. The van der Waals surface area contributed by atoms with Gasteiger partial charge in [0.1, 0.15) is 18.4 Å². The third-order valence-electron chi connectivity index (χ3n) is 6.04. The highest BCUT2D eigenvalue weighted by Crippen LogP contribution is 2.28. The number of amides is 2. The molecule has 1 unspecified atom stereocenters. The monoisotopic (exact) mass is 545 g/mol. The van der Waals surface area contributed by atoms with Crippen LogP contribution in [0.3, 0.4) is 0 Å². The summed E-state index contributed by atoms with van der Waals surface area (Å²) in [6, 6.07) is 17.7. The molecule has 3 aromatic carbocycles. The van der Waals surface area contributed by atoms with Gasteiger partial charge >= 0.3 is 0 Å². The topological polar surface area (TPSA) is 86.8 Å². The van der Waals surface area contributed by atoms with Crippen molar-refractivity contribution in [3.05, 3.63) is 94.8 Å². The molecule has 3 aromatic rings. The minimum absolute atomic E-state index is 0.0208. The van der Waals surface area contributed by atoms with Crippen LogP contribution in [0.15, 0.2) is 77.7 Å². The normalized spacial score (nSPS) is 12.0. The van der Waals surface area contributed by atoms with E-state index in [0.717, 1.165) is 27.6 Å². The minimum Gasteiger partial charge on any atom is -0.357 e. The van der Waals surface area contributed by atoms with Gasteiger partial charge in [0.2, 0.25) is 11.8 Å². The van der Waals surface area contributed by atoms with Crippen molar-refractivity contribution >= 4 is 39.1 Å². The highest BCUT2D eigenvalue weighted by atomic mass is 35.5. The average molecular weight is 546 g/mol. The lowest BCUT2D eigenvalue weighted by Crippen LogP contribution is -2.51. The lowest BCUT2D eigenvalue weighted by molar-refractivity contribution is -0.140. The highest BCUT2D eigenvalue weighted by molar-refractivity contribution is 7.92. The van der Waals surface area contributed by atoms with E-state index in [-0.39, 0.29) is 28.1 Å². The van der Waals surface area contributed by atoms with Gasteiger partial charge in [0.05, 0.1) is 15.6 Å². The van der Waals surface area contributed by atoms with Crippen molar-refractivity contribution in [3.63, 3.8) is 0 Å². The number of likely N-dealkylation sites (N-methyl/N-ethyl adjacent to an activating group) is 1. The molecule has 0 fully saturated rings. The van der Waals surface area contributed by atoms with E-state index >= 15 is 0 Å². The lowest BCUT2D eigenvalue weighted by Gasteiger charge is -2.33. The number of sulfonamides is 1. The molecule has 7 nitrogen and oxygen atoms in total. The number of anilines is 1. The molecule has 10 heteroatoms. The van der Waals surface area contributed by atoms with Crippen molar-refractivity contribution < 1.29 is 22.4 Å². The molecule has 0 bridgehead atoms. The summed E-state index contributed by atoms with van der Waals surface area (Å²) < 4.78 is 42.1. The number of halogens is 2. The first kappa shape index (κ1) is 28.1. The van der Waals surface area contributed by atoms with Gasteiger partial charge in [-0.15, -0.1) is 0 Å². The second-order valence-corrected chi connectivity index (χ2v) is 10.7. The number of hydrogen-bond donors (Lipinski definition) is 1. The van der Waals surface area contributed by atoms with E-state index in [1.54, 1.807) is 25.1 Å². The first-order valence-electron chi connectivity index (χ1n) is 11.7. The first-order chi connectivity index (χ1) is 17.6. The van der Waals surface area contributed by atoms with Crippen molar-refractivity contribution in [2.45, 2.75) is 37.8 Å². The van der Waals surface area contributed by atoms with Gasteiger partial charge < -0.3 is 10.2 Å². The van der Waals surface area contributed by atoms with Crippen LogP contribution in [0.5, 0.6) is 0 Å². The molecule has 0 aliphatic rings. The van der Waals surface area contributed by atoms with E-state index in [2.05, 4.69) is 5.32 Å². The number of rotatable bonds is 10. The minimum atomic E-state index is -4.25. The molecule has 37 heavy (non-hydrogen) atoms. The number of nitrogens with zero attached hydrogens (tertiary/aromatic N) is 2. The Balaban J connectivity index is 2.09. The van der Waals surface area contributed by atoms with Gasteiger partial charge in [-0.25, -0.2) is 12.8 Å². The predicted octanol–water partition coefficient (Wildman–Crippen LogP) is 4.54. The number of benzene rings is 3. The molecule has 0 spiro atoms. The zero-order valence-corrected chi connectivity index (χ0v) is 22.4. The van der Waals surface area contributed by atoms with E-state index < -0.39 is 34.3 Å². The van der Waals surface area contributed by atoms with Crippen LogP contribution in [-0.4, -0.2) is 44.8 Å². The smallest absolute Gasteiger partial charge is 0.264 e. The molecule has 0 aromatic heterocycles. The summed E-state index contributed by atoms with van der Waals surface area (Å²) in [5, 5.41) is 2.30. The number of carbonyl (C=O) groups excluding carboxylic acids is 2. The molecule has 0 saturated carbocycles. The first-order valence-corrected chi connectivity index (χ1v) is 13.5. The summed E-state index contributed by atoms with van der Waals surface area (Å²) in [5.74, 6) is -1.69. The summed E-state index contributed by atoms with van der Waals surface area (Å²) in [6.45, 7) is 3.14. The fraction of sp³-hybridized carbons (Fsp3) is 0.259. The van der Waals surface area contributed by atoms with E-state index in [4.69, 9.17) is 11.6 Å². The van der Waals surface area contributed by atoms with Crippen LogP contribution >= 0.6 is 11.6 Å². The maximum atomic E-state index is 13.9. The SMILES string of the molecule is CCC(C(=O)NC)N(Cc1ccccc1C)C(=O)CN(c1ccc(F)c(Cl)c1)S(=O)(=O)c1ccccc1. The molecule has 3 rings (SSSR count). The summed E-state index contributed by atoms with van der Waals surface area (Å²) in [7, 11) is -2.77. The third kappa shape index (κ3) is 6.47. The van der Waals surface area contributed by atoms with Gasteiger partial charge in [0.25, 0.3) is 10.0 Å². The highest BCUT2D eigenvalue weighted by Gasteiger charge is 2.33. The summed E-state index contributed by atoms with van der Waals surface area (Å²) >= 11 is 5.97. The van der Waals surface area contributed by atoms with Crippen LogP contribution in [-0.2, 0) is 26.2 Å². The molecular formula is C27H29ClFN3O4S. The summed E-state index contributed by atoms with van der Waals surface area (Å²) in [5.41, 5.74) is 1.76. The molecule has 0 saturated heterocycles. The Bertz CT molecular complexity index is 1370. The standard InChI is InChI=1S/C27H29ClFN3O4S/c1-4-25(27(34)30-3)31(17-20-11-9-8-10-19(20)2)26(33)18-32(21-14-15-24(29)23(28)16-21)37(35,36)22-12-6-5-7-13-22/h5-16,25H,4,17-18H2,1-3H3,(H,30,34). The van der Waals surface area contributed by atoms with Gasteiger partial charge in [0.15, 0.2) is 0 Å². The van der Waals surface area contributed by atoms with Crippen molar-refractivity contribution in [2.75, 3.05) is 17.9 Å². The molecule has 2 amide bonds.